The molecule has 3 rings (SSSR count). The van der Waals surface area contributed by atoms with Gasteiger partial charge in [0.15, 0.2) is 0 Å². The number of piperidine rings is 1. The van der Waals surface area contributed by atoms with Gasteiger partial charge in [0.25, 0.3) is 0 Å². The first-order chi connectivity index (χ1) is 12.4. The number of nitrogens with one attached hydrogen (secondary N) is 1. The minimum absolute atomic E-state index is 0.0961. The van der Waals surface area contributed by atoms with Gasteiger partial charge in [0.1, 0.15) is 0 Å². The van der Waals surface area contributed by atoms with E-state index in [0.29, 0.717) is 35.7 Å². The van der Waals surface area contributed by atoms with Gasteiger partial charge in [-0.15, -0.1) is 0 Å². The van der Waals surface area contributed by atoms with E-state index in [1.165, 1.54) is 4.31 Å². The summed E-state index contributed by atoms with van der Waals surface area (Å²) in [5.74, 6) is -0.644. The molecular weight excluding hydrogens is 374 g/mol. The summed E-state index contributed by atoms with van der Waals surface area (Å²) in [6.07, 6.45) is 4.52. The highest BCUT2D eigenvalue weighted by atomic mass is 35.5. The average molecular weight is 394 g/mol. The molecule has 1 saturated heterocycles. The lowest BCUT2D eigenvalue weighted by atomic mass is 9.99. The van der Waals surface area contributed by atoms with Crippen molar-refractivity contribution in [3.05, 3.63) is 59.4 Å². The van der Waals surface area contributed by atoms with Crippen LogP contribution in [0.15, 0.2) is 48.8 Å². The lowest BCUT2D eigenvalue weighted by Crippen LogP contribution is -2.44. The molecule has 0 unspecified atom stereocenters. The molecule has 1 aliphatic heterocycles. The molecule has 1 N–H and O–H groups in total. The zero-order chi connectivity index (χ0) is 18.6. The fourth-order valence-electron chi connectivity index (χ4n) is 2.97. The van der Waals surface area contributed by atoms with Crippen LogP contribution in [-0.2, 0) is 20.6 Å². The fourth-order valence-corrected chi connectivity index (χ4v) is 4.71. The number of sulfonamides is 1. The Morgan fingerprint density at radius 1 is 1.27 bits per heavy atom. The molecule has 0 radical (unpaired) electrons. The molecule has 138 valence electrons. The van der Waals surface area contributed by atoms with E-state index in [1.807, 2.05) is 0 Å². The topological polar surface area (TPSA) is 79.4 Å². The van der Waals surface area contributed by atoms with Gasteiger partial charge in [-0.3, -0.25) is 9.78 Å². The number of benzene rings is 1. The summed E-state index contributed by atoms with van der Waals surface area (Å²) >= 11 is 5.84. The predicted molar refractivity (Wildman–Crippen MR) is 101 cm³/mol. The molecule has 0 bridgehead atoms. The number of hydrogen-bond donors (Lipinski definition) is 1. The third-order valence-electron chi connectivity index (χ3n) is 4.34. The summed E-state index contributed by atoms with van der Waals surface area (Å²) in [4.78, 5) is 16.4. The number of anilines is 1. The predicted octanol–water partition coefficient (Wildman–Crippen LogP) is 2.92. The number of nitrogens with zero attached hydrogens (tertiary/aromatic N) is 2. The molecular formula is C18H20ClN3O3S. The second kappa shape index (κ2) is 8.16. The number of hydrogen-bond acceptors (Lipinski definition) is 4. The van der Waals surface area contributed by atoms with Crippen LogP contribution >= 0.6 is 11.6 Å². The lowest BCUT2D eigenvalue weighted by molar-refractivity contribution is -0.120. The van der Waals surface area contributed by atoms with Crippen molar-refractivity contribution < 1.29 is 13.2 Å². The van der Waals surface area contributed by atoms with E-state index in [9.17, 15) is 13.2 Å². The first-order valence-corrected chi connectivity index (χ1v) is 10.4. The van der Waals surface area contributed by atoms with Crippen molar-refractivity contribution in [1.82, 2.24) is 9.29 Å². The smallest absolute Gasteiger partial charge is 0.228 e. The summed E-state index contributed by atoms with van der Waals surface area (Å²) in [5, 5.41) is 3.37. The van der Waals surface area contributed by atoms with Crippen LogP contribution in [0.5, 0.6) is 0 Å². The van der Waals surface area contributed by atoms with Crippen LogP contribution < -0.4 is 5.32 Å². The van der Waals surface area contributed by atoms with E-state index < -0.39 is 10.0 Å². The highest BCUT2D eigenvalue weighted by Gasteiger charge is 2.32. The molecule has 1 amide bonds. The van der Waals surface area contributed by atoms with Crippen LogP contribution in [0.2, 0.25) is 5.02 Å². The summed E-state index contributed by atoms with van der Waals surface area (Å²) in [6.45, 7) is 0.634. The molecule has 2 heterocycles. The van der Waals surface area contributed by atoms with Crippen LogP contribution in [0.4, 0.5) is 5.69 Å². The Bertz CT molecular complexity index is 857. The largest absolute Gasteiger partial charge is 0.324 e. The van der Waals surface area contributed by atoms with Crippen LogP contribution in [0.1, 0.15) is 18.4 Å². The Morgan fingerprint density at radius 2 is 2.04 bits per heavy atom. The number of carbonyl (C=O) groups is 1. The highest BCUT2D eigenvalue weighted by molar-refractivity contribution is 7.88. The summed E-state index contributed by atoms with van der Waals surface area (Å²) in [7, 11) is -3.49. The maximum Gasteiger partial charge on any atom is 0.228 e. The van der Waals surface area contributed by atoms with Crippen LogP contribution in [0.3, 0.4) is 0 Å². The Labute approximate surface area is 158 Å². The molecule has 26 heavy (non-hydrogen) atoms. The van der Waals surface area contributed by atoms with Gasteiger partial charge in [0.2, 0.25) is 15.9 Å². The number of amides is 1. The maximum atomic E-state index is 12.7. The number of rotatable bonds is 5. The minimum Gasteiger partial charge on any atom is -0.324 e. The first-order valence-electron chi connectivity index (χ1n) is 8.37. The lowest BCUT2D eigenvalue weighted by Gasteiger charge is -2.31. The number of pyridine rings is 1. The second-order valence-electron chi connectivity index (χ2n) is 6.31. The zero-order valence-electron chi connectivity index (χ0n) is 14.1. The summed E-state index contributed by atoms with van der Waals surface area (Å²) < 4.78 is 26.9. The van der Waals surface area contributed by atoms with Gasteiger partial charge in [-0.05, 0) is 42.7 Å². The average Bonchev–Trinajstić information content (AvgIpc) is 2.64. The molecule has 0 spiro atoms. The fraction of sp³-hybridized carbons (Fsp3) is 0.333. The second-order valence-corrected chi connectivity index (χ2v) is 8.72. The quantitative estimate of drug-likeness (QED) is 0.847. The first kappa shape index (κ1) is 18.8. The van der Waals surface area contributed by atoms with Gasteiger partial charge < -0.3 is 5.32 Å². The van der Waals surface area contributed by atoms with Crippen molar-refractivity contribution >= 4 is 33.2 Å². The molecule has 2 aromatic rings. The zero-order valence-corrected chi connectivity index (χ0v) is 15.7. The molecule has 0 saturated carbocycles. The molecule has 1 aromatic heterocycles. The van der Waals surface area contributed by atoms with Gasteiger partial charge >= 0.3 is 0 Å². The minimum atomic E-state index is -3.49. The van der Waals surface area contributed by atoms with Crippen molar-refractivity contribution in [3.63, 3.8) is 0 Å². The van der Waals surface area contributed by atoms with E-state index >= 15 is 0 Å². The summed E-state index contributed by atoms with van der Waals surface area (Å²) in [5.41, 5.74) is 1.29. The summed E-state index contributed by atoms with van der Waals surface area (Å²) in [6, 6.07) is 10.2. The molecule has 0 aliphatic carbocycles. The van der Waals surface area contributed by atoms with Crippen molar-refractivity contribution in [3.8, 4) is 0 Å². The standard InChI is InChI=1S/C18H20ClN3O3S/c19-16-7-5-14(6-8-16)13-26(24,25)22-10-2-3-15(12-22)18(23)21-17-4-1-9-20-11-17/h1,4-9,11,15H,2-3,10,12-13H2,(H,21,23)/t15-/m0/s1. The van der Waals surface area contributed by atoms with Crippen molar-refractivity contribution in [2.24, 2.45) is 5.92 Å². The Balaban J connectivity index is 1.65. The molecule has 8 heteroatoms. The molecule has 1 aromatic carbocycles. The Hall–Kier alpha value is -1.96. The monoisotopic (exact) mass is 393 g/mol. The van der Waals surface area contributed by atoms with E-state index in [0.717, 1.165) is 0 Å². The van der Waals surface area contributed by atoms with Crippen molar-refractivity contribution in [2.45, 2.75) is 18.6 Å². The van der Waals surface area contributed by atoms with Crippen molar-refractivity contribution in [2.75, 3.05) is 18.4 Å². The van der Waals surface area contributed by atoms with E-state index in [-0.39, 0.29) is 24.1 Å². The molecule has 1 fully saturated rings. The van der Waals surface area contributed by atoms with Crippen LogP contribution in [-0.4, -0.2) is 36.7 Å². The van der Waals surface area contributed by atoms with Gasteiger partial charge in [-0.1, -0.05) is 23.7 Å². The third kappa shape index (κ3) is 4.81. The van der Waals surface area contributed by atoms with Gasteiger partial charge in [0.05, 0.1) is 23.6 Å². The molecule has 6 nitrogen and oxygen atoms in total. The van der Waals surface area contributed by atoms with Crippen LogP contribution in [0.25, 0.3) is 0 Å². The van der Waals surface area contributed by atoms with E-state index in [4.69, 9.17) is 11.6 Å². The van der Waals surface area contributed by atoms with E-state index in [1.54, 1.807) is 48.8 Å². The van der Waals surface area contributed by atoms with Crippen LogP contribution in [0, 0.1) is 5.92 Å². The molecule has 1 aliphatic rings. The van der Waals surface area contributed by atoms with Gasteiger partial charge in [-0.2, -0.15) is 0 Å². The van der Waals surface area contributed by atoms with Gasteiger partial charge in [-0.25, -0.2) is 12.7 Å². The number of halogens is 1. The number of carbonyl (C=O) groups excluding carboxylic acids is 1. The SMILES string of the molecule is O=C(Nc1cccnc1)[C@H]1CCCN(S(=O)(=O)Cc2ccc(Cl)cc2)C1. The van der Waals surface area contributed by atoms with Crippen molar-refractivity contribution in [1.29, 1.82) is 0 Å². The molecule has 1 atom stereocenters. The van der Waals surface area contributed by atoms with E-state index in [2.05, 4.69) is 10.3 Å². The highest BCUT2D eigenvalue weighted by Crippen LogP contribution is 2.23. The Kier molecular flexibility index (Phi) is 5.90. The normalized spacial score (nSPS) is 18.4. The maximum absolute atomic E-state index is 12.7. The third-order valence-corrected chi connectivity index (χ3v) is 6.41. The van der Waals surface area contributed by atoms with Gasteiger partial charge in [0, 0.05) is 24.3 Å². The number of aromatic nitrogens is 1. The Morgan fingerprint density at radius 3 is 2.73 bits per heavy atom.